The van der Waals surface area contributed by atoms with Crippen molar-refractivity contribution in [3.05, 3.63) is 60.2 Å². The lowest BCUT2D eigenvalue weighted by Gasteiger charge is -2.37. The fourth-order valence-corrected chi connectivity index (χ4v) is 2.90. The van der Waals surface area contributed by atoms with Crippen molar-refractivity contribution in [2.45, 2.75) is 12.5 Å². The maximum atomic E-state index is 5.42. The lowest BCUT2D eigenvalue weighted by atomic mass is 9.99. The second-order valence-electron chi connectivity index (χ2n) is 5.94. The standard InChI is InChI=1S/C18H18N4O2/c1-23-16-6-2-4-13(8-16)10-22-11-15(12-22)18-20-17(21-24-18)14-5-3-7-19-9-14/h2-9,15H,10-12H2,1H3. The molecule has 0 atom stereocenters. The Hall–Kier alpha value is -2.73. The van der Waals surface area contributed by atoms with Gasteiger partial charge in [-0.1, -0.05) is 17.3 Å². The number of hydrogen-bond acceptors (Lipinski definition) is 6. The lowest BCUT2D eigenvalue weighted by molar-refractivity contribution is 0.117. The van der Waals surface area contributed by atoms with E-state index in [2.05, 4.69) is 32.2 Å². The number of ether oxygens (including phenoxy) is 1. The fraction of sp³-hybridized carbons (Fsp3) is 0.278. The number of nitrogens with zero attached hydrogens (tertiary/aromatic N) is 4. The Labute approximate surface area is 140 Å². The van der Waals surface area contributed by atoms with E-state index >= 15 is 0 Å². The van der Waals surface area contributed by atoms with Crippen LogP contribution in [0.2, 0.25) is 0 Å². The first-order valence-corrected chi connectivity index (χ1v) is 7.91. The van der Waals surface area contributed by atoms with Crippen LogP contribution in [-0.2, 0) is 6.54 Å². The quantitative estimate of drug-likeness (QED) is 0.720. The van der Waals surface area contributed by atoms with Gasteiger partial charge in [-0.25, -0.2) is 0 Å². The van der Waals surface area contributed by atoms with Crippen LogP contribution in [0, 0.1) is 0 Å². The van der Waals surface area contributed by atoms with E-state index in [-0.39, 0.29) is 0 Å². The van der Waals surface area contributed by atoms with E-state index in [1.54, 1.807) is 19.5 Å². The molecule has 6 nitrogen and oxygen atoms in total. The van der Waals surface area contributed by atoms with Gasteiger partial charge in [0.25, 0.3) is 0 Å². The highest BCUT2D eigenvalue weighted by atomic mass is 16.5. The predicted octanol–water partition coefficient (Wildman–Crippen LogP) is 2.74. The van der Waals surface area contributed by atoms with Crippen LogP contribution in [-0.4, -0.2) is 40.2 Å². The molecule has 4 rings (SSSR count). The molecule has 0 N–H and O–H groups in total. The second-order valence-corrected chi connectivity index (χ2v) is 5.94. The normalized spacial score (nSPS) is 15.2. The van der Waals surface area contributed by atoms with Gasteiger partial charge in [-0.15, -0.1) is 0 Å². The van der Waals surface area contributed by atoms with Crippen LogP contribution in [0.3, 0.4) is 0 Å². The van der Waals surface area contributed by atoms with Crippen molar-refractivity contribution >= 4 is 0 Å². The average molecular weight is 322 g/mol. The van der Waals surface area contributed by atoms with E-state index < -0.39 is 0 Å². The number of likely N-dealkylation sites (tertiary alicyclic amines) is 1. The summed E-state index contributed by atoms with van der Waals surface area (Å²) >= 11 is 0. The van der Waals surface area contributed by atoms with E-state index in [0.717, 1.165) is 30.9 Å². The molecule has 1 saturated heterocycles. The first-order chi connectivity index (χ1) is 11.8. The minimum absolute atomic E-state index is 0.300. The van der Waals surface area contributed by atoms with Crippen molar-refractivity contribution in [2.75, 3.05) is 20.2 Å². The van der Waals surface area contributed by atoms with Gasteiger partial charge in [-0.05, 0) is 29.8 Å². The van der Waals surface area contributed by atoms with Gasteiger partial charge < -0.3 is 9.26 Å². The number of hydrogen-bond donors (Lipinski definition) is 0. The van der Waals surface area contributed by atoms with Gasteiger partial charge in [0.15, 0.2) is 0 Å². The molecule has 3 aromatic rings. The predicted molar refractivity (Wildman–Crippen MR) is 88.5 cm³/mol. The van der Waals surface area contributed by atoms with Crippen LogP contribution in [0.4, 0.5) is 0 Å². The van der Waals surface area contributed by atoms with Gasteiger partial charge in [0.1, 0.15) is 5.75 Å². The molecule has 1 aromatic carbocycles. The number of methoxy groups -OCH3 is 1. The fourth-order valence-electron chi connectivity index (χ4n) is 2.90. The van der Waals surface area contributed by atoms with Crippen LogP contribution in [0.25, 0.3) is 11.4 Å². The molecule has 0 unspecified atom stereocenters. The molecule has 0 amide bonds. The summed E-state index contributed by atoms with van der Waals surface area (Å²) in [5.41, 5.74) is 2.12. The van der Waals surface area contributed by atoms with E-state index in [4.69, 9.17) is 9.26 Å². The molecule has 2 aromatic heterocycles. The SMILES string of the molecule is COc1cccc(CN2CC(c3nc(-c4cccnc4)no3)C2)c1. The van der Waals surface area contributed by atoms with Gasteiger partial charge in [0.2, 0.25) is 11.7 Å². The topological polar surface area (TPSA) is 64.3 Å². The molecule has 1 aliphatic rings. The summed E-state index contributed by atoms with van der Waals surface area (Å²) in [5.74, 6) is 2.50. The Morgan fingerprint density at radius 1 is 1.25 bits per heavy atom. The monoisotopic (exact) mass is 322 g/mol. The van der Waals surface area contributed by atoms with Crippen LogP contribution in [0.1, 0.15) is 17.4 Å². The molecular weight excluding hydrogens is 304 g/mol. The molecule has 3 heterocycles. The summed E-state index contributed by atoms with van der Waals surface area (Å²) in [7, 11) is 1.69. The zero-order valence-corrected chi connectivity index (χ0v) is 13.4. The maximum absolute atomic E-state index is 5.42. The van der Waals surface area contributed by atoms with Gasteiger partial charge in [-0.2, -0.15) is 4.98 Å². The molecule has 24 heavy (non-hydrogen) atoms. The van der Waals surface area contributed by atoms with Gasteiger partial charge in [0.05, 0.1) is 13.0 Å². The van der Waals surface area contributed by atoms with E-state index in [1.165, 1.54) is 5.56 Å². The largest absolute Gasteiger partial charge is 0.497 e. The Morgan fingerprint density at radius 2 is 2.17 bits per heavy atom. The molecular formula is C18H18N4O2. The van der Waals surface area contributed by atoms with Crippen molar-refractivity contribution in [1.82, 2.24) is 20.0 Å². The molecule has 0 aliphatic carbocycles. The van der Waals surface area contributed by atoms with Crippen LogP contribution in [0.5, 0.6) is 5.75 Å². The minimum Gasteiger partial charge on any atom is -0.497 e. The number of benzene rings is 1. The third kappa shape index (κ3) is 3.00. The Bertz CT molecular complexity index is 813. The van der Waals surface area contributed by atoms with Crippen LogP contribution in [0.15, 0.2) is 53.3 Å². The number of rotatable bonds is 5. The third-order valence-electron chi connectivity index (χ3n) is 4.21. The van der Waals surface area contributed by atoms with Gasteiger partial charge in [-0.3, -0.25) is 9.88 Å². The van der Waals surface area contributed by atoms with Gasteiger partial charge in [0, 0.05) is 37.6 Å². The zero-order chi connectivity index (χ0) is 16.4. The van der Waals surface area contributed by atoms with Crippen molar-refractivity contribution < 1.29 is 9.26 Å². The maximum Gasteiger partial charge on any atom is 0.232 e. The Balaban J connectivity index is 1.37. The Morgan fingerprint density at radius 3 is 2.96 bits per heavy atom. The highest BCUT2D eigenvalue weighted by Gasteiger charge is 2.32. The van der Waals surface area contributed by atoms with Crippen molar-refractivity contribution in [3.63, 3.8) is 0 Å². The first-order valence-electron chi connectivity index (χ1n) is 7.91. The lowest BCUT2D eigenvalue weighted by Crippen LogP contribution is -2.44. The summed E-state index contributed by atoms with van der Waals surface area (Å²) in [5, 5.41) is 4.06. The van der Waals surface area contributed by atoms with Crippen LogP contribution >= 0.6 is 0 Å². The third-order valence-corrected chi connectivity index (χ3v) is 4.21. The minimum atomic E-state index is 0.300. The molecule has 6 heteroatoms. The van der Waals surface area contributed by atoms with Crippen LogP contribution < -0.4 is 4.74 Å². The van der Waals surface area contributed by atoms with E-state index in [0.29, 0.717) is 17.6 Å². The second kappa shape index (κ2) is 6.41. The molecule has 0 saturated carbocycles. The molecule has 0 radical (unpaired) electrons. The smallest absolute Gasteiger partial charge is 0.232 e. The number of aromatic nitrogens is 3. The molecule has 0 spiro atoms. The summed E-state index contributed by atoms with van der Waals surface area (Å²) in [4.78, 5) is 10.9. The molecule has 122 valence electrons. The first kappa shape index (κ1) is 14.8. The van der Waals surface area contributed by atoms with Crippen molar-refractivity contribution in [2.24, 2.45) is 0 Å². The Kier molecular flexibility index (Phi) is 3.96. The van der Waals surface area contributed by atoms with Crippen molar-refractivity contribution in [3.8, 4) is 17.1 Å². The van der Waals surface area contributed by atoms with Crippen molar-refractivity contribution in [1.29, 1.82) is 0 Å². The summed E-state index contributed by atoms with van der Waals surface area (Å²) in [6, 6.07) is 12.0. The highest BCUT2D eigenvalue weighted by molar-refractivity contribution is 5.52. The molecule has 1 fully saturated rings. The number of pyridine rings is 1. The molecule has 0 bridgehead atoms. The zero-order valence-electron chi connectivity index (χ0n) is 13.4. The summed E-state index contributed by atoms with van der Waals surface area (Å²) in [6.07, 6.45) is 3.47. The summed E-state index contributed by atoms with van der Waals surface area (Å²) in [6.45, 7) is 2.75. The molecule has 1 aliphatic heterocycles. The average Bonchev–Trinajstić information content (AvgIpc) is 3.08. The van der Waals surface area contributed by atoms with E-state index in [1.807, 2.05) is 24.3 Å². The van der Waals surface area contributed by atoms with E-state index in [9.17, 15) is 0 Å². The highest BCUT2D eigenvalue weighted by Crippen LogP contribution is 2.29. The summed E-state index contributed by atoms with van der Waals surface area (Å²) < 4.78 is 10.7. The van der Waals surface area contributed by atoms with Gasteiger partial charge >= 0.3 is 0 Å².